The lowest BCUT2D eigenvalue weighted by atomic mass is 10.1. The highest BCUT2D eigenvalue weighted by Gasteiger charge is 2.18. The molecule has 0 saturated carbocycles. The van der Waals surface area contributed by atoms with Crippen LogP contribution in [0.5, 0.6) is 0 Å². The molecule has 21 heavy (non-hydrogen) atoms. The first kappa shape index (κ1) is 15.0. The molecule has 0 fully saturated rings. The maximum absolute atomic E-state index is 13.2. The fourth-order valence-electron chi connectivity index (χ4n) is 1.72. The smallest absolute Gasteiger partial charge is 0.264 e. The predicted octanol–water partition coefficient (Wildman–Crippen LogP) is 2.41. The number of halogens is 1. The first-order valence-electron chi connectivity index (χ1n) is 5.98. The highest BCUT2D eigenvalue weighted by molar-refractivity contribution is 7.92. The number of hydrogen-bond acceptors (Lipinski definition) is 4. The summed E-state index contributed by atoms with van der Waals surface area (Å²) in [7, 11) is -4.00. The minimum absolute atomic E-state index is 0.0516. The van der Waals surface area contributed by atoms with Crippen LogP contribution in [0.2, 0.25) is 0 Å². The number of nitrogen functional groups attached to an aromatic ring is 1. The average Bonchev–Trinajstić information content (AvgIpc) is 2.41. The Kier molecular flexibility index (Phi) is 3.95. The van der Waals surface area contributed by atoms with E-state index in [4.69, 9.17) is 5.73 Å². The summed E-state index contributed by atoms with van der Waals surface area (Å²) in [6.07, 6.45) is 0. The third-order valence-corrected chi connectivity index (χ3v) is 4.25. The van der Waals surface area contributed by atoms with Crippen LogP contribution in [0.4, 0.5) is 15.8 Å². The van der Waals surface area contributed by atoms with Gasteiger partial charge in [0.1, 0.15) is 10.7 Å². The molecule has 0 aromatic heterocycles. The predicted molar refractivity (Wildman–Crippen MR) is 78.1 cm³/mol. The first-order valence-corrected chi connectivity index (χ1v) is 7.47. The van der Waals surface area contributed by atoms with Crippen molar-refractivity contribution in [1.29, 1.82) is 0 Å². The van der Waals surface area contributed by atoms with Crippen LogP contribution in [0.1, 0.15) is 17.3 Å². The lowest BCUT2D eigenvalue weighted by Gasteiger charge is -2.10. The van der Waals surface area contributed by atoms with E-state index in [1.165, 1.54) is 37.3 Å². The van der Waals surface area contributed by atoms with Crippen LogP contribution in [0.15, 0.2) is 47.4 Å². The molecule has 0 spiro atoms. The van der Waals surface area contributed by atoms with Gasteiger partial charge in [0.2, 0.25) is 0 Å². The topological polar surface area (TPSA) is 89.3 Å². The second-order valence-electron chi connectivity index (χ2n) is 4.42. The number of sulfonamides is 1. The fourth-order valence-corrected chi connectivity index (χ4v) is 2.93. The molecule has 2 aromatic carbocycles. The van der Waals surface area contributed by atoms with Crippen LogP contribution in [-0.4, -0.2) is 14.2 Å². The second kappa shape index (κ2) is 5.53. The van der Waals surface area contributed by atoms with Gasteiger partial charge in [-0.15, -0.1) is 0 Å². The van der Waals surface area contributed by atoms with Gasteiger partial charge in [-0.05, 0) is 49.4 Å². The summed E-state index contributed by atoms with van der Waals surface area (Å²) >= 11 is 0. The SMILES string of the molecule is CC(=O)c1ccc(NS(=O)(=O)c2cc(F)ccc2N)cc1. The minimum Gasteiger partial charge on any atom is -0.398 e. The van der Waals surface area contributed by atoms with Crippen LogP contribution in [0.25, 0.3) is 0 Å². The largest absolute Gasteiger partial charge is 0.398 e. The molecule has 0 aliphatic rings. The summed E-state index contributed by atoms with van der Waals surface area (Å²) in [5.74, 6) is -0.824. The van der Waals surface area contributed by atoms with Crippen LogP contribution in [0, 0.1) is 5.82 Å². The van der Waals surface area contributed by atoms with Gasteiger partial charge < -0.3 is 5.73 Å². The molecule has 0 radical (unpaired) electrons. The lowest BCUT2D eigenvalue weighted by molar-refractivity contribution is 0.101. The van der Waals surface area contributed by atoms with Gasteiger partial charge in [-0.25, -0.2) is 12.8 Å². The quantitative estimate of drug-likeness (QED) is 0.670. The van der Waals surface area contributed by atoms with Crippen LogP contribution in [-0.2, 0) is 10.0 Å². The van der Waals surface area contributed by atoms with Crippen LogP contribution >= 0.6 is 0 Å². The highest BCUT2D eigenvalue weighted by Crippen LogP contribution is 2.22. The van der Waals surface area contributed by atoms with Crippen molar-refractivity contribution in [2.45, 2.75) is 11.8 Å². The number of hydrogen-bond donors (Lipinski definition) is 2. The van der Waals surface area contributed by atoms with E-state index in [1.54, 1.807) is 0 Å². The summed E-state index contributed by atoms with van der Waals surface area (Å²) in [5.41, 5.74) is 6.23. The van der Waals surface area contributed by atoms with Gasteiger partial charge in [0, 0.05) is 11.3 Å². The molecule has 0 unspecified atom stereocenters. The van der Waals surface area contributed by atoms with E-state index in [0.29, 0.717) is 5.56 Å². The zero-order chi connectivity index (χ0) is 15.6. The second-order valence-corrected chi connectivity index (χ2v) is 6.07. The molecule has 0 bridgehead atoms. The summed E-state index contributed by atoms with van der Waals surface area (Å²) in [6.45, 7) is 1.41. The number of benzene rings is 2. The molecule has 110 valence electrons. The molecule has 3 N–H and O–H groups in total. The van der Waals surface area contributed by atoms with Gasteiger partial charge in [0.05, 0.1) is 5.69 Å². The van der Waals surface area contributed by atoms with Crippen molar-refractivity contribution in [2.75, 3.05) is 10.5 Å². The fraction of sp³-hybridized carbons (Fsp3) is 0.0714. The molecule has 0 saturated heterocycles. The molecule has 0 aliphatic carbocycles. The molecule has 0 heterocycles. The Hall–Kier alpha value is -2.41. The molecular formula is C14H13FN2O3S. The van der Waals surface area contributed by atoms with Gasteiger partial charge in [-0.2, -0.15) is 0 Å². The number of rotatable bonds is 4. The van der Waals surface area contributed by atoms with Gasteiger partial charge in [-0.3, -0.25) is 9.52 Å². The molecule has 0 aliphatic heterocycles. The van der Waals surface area contributed by atoms with Crippen molar-refractivity contribution in [3.8, 4) is 0 Å². The number of Topliss-reactive ketones (excluding diaryl/α,β-unsaturated/α-hetero) is 1. The Morgan fingerprint density at radius 2 is 1.76 bits per heavy atom. The zero-order valence-corrected chi connectivity index (χ0v) is 11.9. The van der Waals surface area contributed by atoms with Gasteiger partial charge in [-0.1, -0.05) is 0 Å². The monoisotopic (exact) mass is 308 g/mol. The van der Waals surface area contributed by atoms with Crippen molar-refractivity contribution in [3.63, 3.8) is 0 Å². The Morgan fingerprint density at radius 3 is 2.33 bits per heavy atom. The van der Waals surface area contributed by atoms with Gasteiger partial charge in [0.15, 0.2) is 5.78 Å². The standard InChI is InChI=1S/C14H13FN2O3S/c1-9(18)10-2-5-12(6-3-10)17-21(19,20)14-8-11(15)4-7-13(14)16/h2-8,17H,16H2,1H3. The Morgan fingerprint density at radius 1 is 1.14 bits per heavy atom. The van der Waals surface area contributed by atoms with E-state index >= 15 is 0 Å². The molecule has 2 rings (SSSR count). The van der Waals surface area contributed by atoms with Crippen molar-refractivity contribution in [3.05, 3.63) is 53.8 Å². The number of carbonyl (C=O) groups is 1. The highest BCUT2D eigenvalue weighted by atomic mass is 32.2. The van der Waals surface area contributed by atoms with Crippen molar-refractivity contribution in [1.82, 2.24) is 0 Å². The number of nitrogens with two attached hydrogens (primary N) is 1. The summed E-state index contributed by atoms with van der Waals surface area (Å²) in [5, 5.41) is 0. The van der Waals surface area contributed by atoms with Gasteiger partial charge >= 0.3 is 0 Å². The third-order valence-electron chi connectivity index (χ3n) is 2.81. The molecule has 2 aromatic rings. The number of anilines is 2. The molecule has 0 atom stereocenters. The number of nitrogens with one attached hydrogen (secondary N) is 1. The van der Waals surface area contributed by atoms with E-state index in [0.717, 1.165) is 12.1 Å². The average molecular weight is 308 g/mol. The van der Waals surface area contributed by atoms with Crippen LogP contribution < -0.4 is 10.5 Å². The van der Waals surface area contributed by atoms with E-state index in [2.05, 4.69) is 4.72 Å². The third kappa shape index (κ3) is 3.38. The number of ketones is 1. The van der Waals surface area contributed by atoms with E-state index in [1.807, 2.05) is 0 Å². The van der Waals surface area contributed by atoms with Gasteiger partial charge in [0.25, 0.3) is 10.0 Å². The summed E-state index contributed by atoms with van der Waals surface area (Å²) in [6, 6.07) is 9.00. The molecule has 0 amide bonds. The number of carbonyl (C=O) groups excluding carboxylic acids is 1. The Bertz CT molecular complexity index is 786. The minimum atomic E-state index is -4.00. The van der Waals surface area contributed by atoms with E-state index in [-0.39, 0.29) is 22.1 Å². The van der Waals surface area contributed by atoms with E-state index in [9.17, 15) is 17.6 Å². The Labute approximate surface area is 121 Å². The Balaban J connectivity index is 2.33. The van der Waals surface area contributed by atoms with Crippen molar-refractivity contribution in [2.24, 2.45) is 0 Å². The van der Waals surface area contributed by atoms with E-state index < -0.39 is 15.8 Å². The lowest BCUT2D eigenvalue weighted by Crippen LogP contribution is -2.15. The molecule has 7 heteroatoms. The molecule has 5 nitrogen and oxygen atoms in total. The summed E-state index contributed by atoms with van der Waals surface area (Å²) < 4.78 is 39.8. The molecular weight excluding hydrogens is 295 g/mol. The normalized spacial score (nSPS) is 11.1. The zero-order valence-electron chi connectivity index (χ0n) is 11.1. The van der Waals surface area contributed by atoms with Crippen LogP contribution in [0.3, 0.4) is 0 Å². The maximum atomic E-state index is 13.2. The van der Waals surface area contributed by atoms with Crippen molar-refractivity contribution >= 4 is 27.2 Å². The maximum Gasteiger partial charge on any atom is 0.264 e. The first-order chi connectivity index (χ1) is 9.79. The summed E-state index contributed by atoms with van der Waals surface area (Å²) in [4.78, 5) is 10.8. The van der Waals surface area contributed by atoms with Crippen molar-refractivity contribution < 1.29 is 17.6 Å².